The van der Waals surface area contributed by atoms with E-state index in [2.05, 4.69) is 15.2 Å². The third kappa shape index (κ3) is 4.48. The van der Waals surface area contributed by atoms with Crippen LogP contribution in [-0.2, 0) is 11.3 Å². The Balaban J connectivity index is 1.91. The molecule has 21 heavy (non-hydrogen) atoms. The van der Waals surface area contributed by atoms with Gasteiger partial charge in [-0.25, -0.2) is 4.79 Å². The van der Waals surface area contributed by atoms with Crippen LogP contribution in [0.25, 0.3) is 0 Å². The highest BCUT2D eigenvalue weighted by Gasteiger charge is 2.17. The lowest BCUT2D eigenvalue weighted by atomic mass is 10.1. The molecule has 1 aromatic carbocycles. The Morgan fingerprint density at radius 2 is 2.00 bits per heavy atom. The molecule has 0 fully saturated rings. The fourth-order valence-electron chi connectivity index (χ4n) is 2.00. The van der Waals surface area contributed by atoms with Gasteiger partial charge in [0, 0.05) is 20.1 Å². The molecule has 1 heterocycles. The summed E-state index contributed by atoms with van der Waals surface area (Å²) in [4.78, 5) is 18.4. The molecule has 1 aliphatic rings. The van der Waals surface area contributed by atoms with E-state index < -0.39 is 5.60 Å². The summed E-state index contributed by atoms with van der Waals surface area (Å²) in [6.07, 6.45) is 0. The van der Waals surface area contributed by atoms with Crippen molar-refractivity contribution in [2.45, 2.75) is 32.9 Å². The van der Waals surface area contributed by atoms with Gasteiger partial charge in [-0.3, -0.25) is 4.99 Å². The molecule has 5 nitrogen and oxygen atoms in total. The van der Waals surface area contributed by atoms with Crippen LogP contribution < -0.4 is 5.32 Å². The van der Waals surface area contributed by atoms with Gasteiger partial charge in [-0.2, -0.15) is 0 Å². The zero-order chi connectivity index (χ0) is 15.5. The van der Waals surface area contributed by atoms with E-state index in [9.17, 15) is 4.79 Å². The molecule has 0 saturated heterocycles. The Hall–Kier alpha value is -2.04. The molecule has 0 aliphatic carbocycles. The van der Waals surface area contributed by atoms with Gasteiger partial charge in [-0.15, -0.1) is 0 Å². The molecule has 0 bridgehead atoms. The number of nitrogens with zero attached hydrogens (tertiary/aromatic N) is 2. The quantitative estimate of drug-likeness (QED) is 0.865. The lowest BCUT2D eigenvalue weighted by molar-refractivity contribution is 0.00695. The Kier molecular flexibility index (Phi) is 4.50. The fourth-order valence-corrected chi connectivity index (χ4v) is 2.00. The van der Waals surface area contributed by atoms with Crippen molar-refractivity contribution in [3.05, 3.63) is 35.4 Å². The summed E-state index contributed by atoms with van der Waals surface area (Å²) in [5, 5.41) is 3.29. The van der Waals surface area contributed by atoms with Crippen molar-refractivity contribution in [1.82, 2.24) is 10.2 Å². The highest BCUT2D eigenvalue weighted by molar-refractivity contribution is 5.89. The monoisotopic (exact) mass is 289 g/mol. The van der Waals surface area contributed by atoms with Crippen LogP contribution in [0.1, 0.15) is 36.7 Å². The minimum absolute atomic E-state index is 0.290. The number of likely N-dealkylation sites (N-methyl/N-ethyl adjacent to an activating group) is 1. The first-order chi connectivity index (χ1) is 9.85. The summed E-state index contributed by atoms with van der Waals surface area (Å²) in [6.45, 7) is 8.08. The van der Waals surface area contributed by atoms with Gasteiger partial charge in [0.25, 0.3) is 0 Å². The minimum atomic E-state index is -0.470. The van der Waals surface area contributed by atoms with Gasteiger partial charge in [0.15, 0.2) is 5.96 Å². The van der Waals surface area contributed by atoms with Gasteiger partial charge in [-0.05, 0) is 38.5 Å². The van der Waals surface area contributed by atoms with Crippen LogP contribution in [0.15, 0.2) is 29.3 Å². The fraction of sp³-hybridized carbons (Fsp3) is 0.500. The van der Waals surface area contributed by atoms with Crippen LogP contribution in [0.3, 0.4) is 0 Å². The molecule has 0 unspecified atom stereocenters. The first kappa shape index (κ1) is 15.4. The highest BCUT2D eigenvalue weighted by Crippen LogP contribution is 2.13. The molecule has 114 valence electrons. The van der Waals surface area contributed by atoms with E-state index >= 15 is 0 Å². The van der Waals surface area contributed by atoms with E-state index in [1.807, 2.05) is 40.0 Å². The van der Waals surface area contributed by atoms with E-state index in [0.29, 0.717) is 12.1 Å². The Labute approximate surface area is 126 Å². The number of hydrogen-bond acceptors (Lipinski definition) is 5. The largest absolute Gasteiger partial charge is 0.456 e. The van der Waals surface area contributed by atoms with Crippen LogP contribution in [-0.4, -0.2) is 42.6 Å². The van der Waals surface area contributed by atoms with Crippen molar-refractivity contribution >= 4 is 11.9 Å². The predicted octanol–water partition coefficient (Wildman–Crippen LogP) is 2.03. The maximum absolute atomic E-state index is 11.9. The number of esters is 1. The molecule has 1 N–H and O–H groups in total. The molecule has 0 atom stereocenters. The van der Waals surface area contributed by atoms with E-state index in [1.165, 1.54) is 0 Å². The molecular formula is C16H23N3O2. The SMILES string of the molecule is CN1CCN=C1NCc1ccc(C(=O)OC(C)(C)C)cc1. The zero-order valence-corrected chi connectivity index (χ0v) is 13.1. The molecular weight excluding hydrogens is 266 g/mol. The summed E-state index contributed by atoms with van der Waals surface area (Å²) in [5.41, 5.74) is 1.21. The number of hydrogen-bond donors (Lipinski definition) is 1. The van der Waals surface area contributed by atoms with Gasteiger partial charge in [-0.1, -0.05) is 12.1 Å². The van der Waals surface area contributed by atoms with Gasteiger partial charge in [0.2, 0.25) is 0 Å². The number of aliphatic imine (C=N–C) groups is 1. The first-order valence-corrected chi connectivity index (χ1v) is 7.17. The lowest BCUT2D eigenvalue weighted by Crippen LogP contribution is -2.35. The van der Waals surface area contributed by atoms with Crippen LogP contribution >= 0.6 is 0 Å². The molecule has 0 saturated carbocycles. The van der Waals surface area contributed by atoms with E-state index in [-0.39, 0.29) is 5.97 Å². The van der Waals surface area contributed by atoms with Crippen LogP contribution in [0.5, 0.6) is 0 Å². The number of rotatable bonds is 3. The van der Waals surface area contributed by atoms with Gasteiger partial charge >= 0.3 is 5.97 Å². The predicted molar refractivity (Wildman–Crippen MR) is 83.4 cm³/mol. The second-order valence-electron chi connectivity index (χ2n) is 6.18. The normalized spacial score (nSPS) is 14.9. The van der Waals surface area contributed by atoms with Crippen molar-refractivity contribution < 1.29 is 9.53 Å². The number of benzene rings is 1. The summed E-state index contributed by atoms with van der Waals surface area (Å²) < 4.78 is 5.34. The Morgan fingerprint density at radius 3 is 2.52 bits per heavy atom. The van der Waals surface area contributed by atoms with Crippen molar-refractivity contribution in [3.8, 4) is 0 Å². The van der Waals surface area contributed by atoms with Crippen molar-refractivity contribution in [2.75, 3.05) is 20.1 Å². The molecule has 1 aliphatic heterocycles. The standard InChI is InChI=1S/C16H23N3O2/c1-16(2,3)21-14(20)13-7-5-12(6-8-13)11-18-15-17-9-10-19(15)4/h5-8H,9-11H2,1-4H3,(H,17,18). The number of carbonyl (C=O) groups excluding carboxylic acids is 1. The third-order valence-electron chi connectivity index (χ3n) is 3.10. The Morgan fingerprint density at radius 1 is 1.33 bits per heavy atom. The number of ether oxygens (including phenoxy) is 1. The average molecular weight is 289 g/mol. The molecule has 0 radical (unpaired) electrons. The van der Waals surface area contributed by atoms with Crippen molar-refractivity contribution in [2.24, 2.45) is 4.99 Å². The summed E-state index contributed by atoms with van der Waals surface area (Å²) in [7, 11) is 2.02. The molecule has 0 amide bonds. The van der Waals surface area contributed by atoms with E-state index in [4.69, 9.17) is 4.74 Å². The van der Waals surface area contributed by atoms with Gasteiger partial charge in [0.05, 0.1) is 12.1 Å². The van der Waals surface area contributed by atoms with Gasteiger partial charge in [0.1, 0.15) is 5.60 Å². The first-order valence-electron chi connectivity index (χ1n) is 7.17. The number of guanidine groups is 1. The molecule has 0 spiro atoms. The van der Waals surface area contributed by atoms with Crippen LogP contribution in [0.2, 0.25) is 0 Å². The topological polar surface area (TPSA) is 53.9 Å². The average Bonchev–Trinajstić information content (AvgIpc) is 2.80. The molecule has 2 rings (SSSR count). The third-order valence-corrected chi connectivity index (χ3v) is 3.10. The zero-order valence-electron chi connectivity index (χ0n) is 13.1. The molecule has 1 aromatic rings. The minimum Gasteiger partial charge on any atom is -0.456 e. The lowest BCUT2D eigenvalue weighted by Gasteiger charge is -2.19. The number of carbonyl (C=O) groups is 1. The van der Waals surface area contributed by atoms with Crippen molar-refractivity contribution in [1.29, 1.82) is 0 Å². The van der Waals surface area contributed by atoms with Crippen LogP contribution in [0.4, 0.5) is 0 Å². The van der Waals surface area contributed by atoms with Crippen LogP contribution in [0, 0.1) is 0 Å². The van der Waals surface area contributed by atoms with E-state index in [1.54, 1.807) is 12.1 Å². The Bertz CT molecular complexity index is 529. The van der Waals surface area contributed by atoms with Gasteiger partial charge < -0.3 is 15.0 Å². The maximum atomic E-state index is 11.9. The van der Waals surface area contributed by atoms with E-state index in [0.717, 1.165) is 24.6 Å². The molecule has 5 heteroatoms. The number of nitrogens with one attached hydrogen (secondary N) is 1. The second-order valence-corrected chi connectivity index (χ2v) is 6.18. The smallest absolute Gasteiger partial charge is 0.338 e. The summed E-state index contributed by atoms with van der Waals surface area (Å²) in [6, 6.07) is 7.46. The maximum Gasteiger partial charge on any atom is 0.338 e. The molecule has 0 aromatic heterocycles. The summed E-state index contributed by atoms with van der Waals surface area (Å²) >= 11 is 0. The highest BCUT2D eigenvalue weighted by atomic mass is 16.6. The second kappa shape index (κ2) is 6.16. The van der Waals surface area contributed by atoms with Crippen molar-refractivity contribution in [3.63, 3.8) is 0 Å². The summed E-state index contributed by atoms with van der Waals surface area (Å²) in [5.74, 6) is 0.633.